The summed E-state index contributed by atoms with van der Waals surface area (Å²) in [4.78, 5) is 22.0. The van der Waals surface area contributed by atoms with E-state index < -0.39 is 10.5 Å². The lowest BCUT2D eigenvalue weighted by Crippen LogP contribution is -2.24. The maximum atomic E-state index is 11.6. The molecule has 0 heterocycles. The van der Waals surface area contributed by atoms with Crippen molar-refractivity contribution >= 4 is 29.1 Å². The van der Waals surface area contributed by atoms with Gasteiger partial charge in [0.1, 0.15) is 11.3 Å². The van der Waals surface area contributed by atoms with Crippen molar-refractivity contribution in [2.24, 2.45) is 0 Å². The zero-order valence-electron chi connectivity index (χ0n) is 12.6. The van der Waals surface area contributed by atoms with Gasteiger partial charge in [-0.3, -0.25) is 14.9 Å². The first-order chi connectivity index (χ1) is 9.73. The second kappa shape index (κ2) is 7.31. The van der Waals surface area contributed by atoms with Crippen molar-refractivity contribution in [2.45, 2.75) is 32.1 Å². The Balaban J connectivity index is 2.57. The van der Waals surface area contributed by atoms with Crippen LogP contribution in [0.2, 0.25) is 0 Å². The first-order valence-corrected chi connectivity index (χ1v) is 7.63. The molecule has 0 fully saturated rings. The third kappa shape index (κ3) is 6.03. The van der Waals surface area contributed by atoms with E-state index in [0.29, 0.717) is 11.4 Å². The average Bonchev–Trinajstić information content (AvgIpc) is 2.36. The molecule has 0 atom stereocenters. The standard InChI is InChI=1S/C14H20N2O4S/c1-14(2,3)20-13(17)9-21-8-10-5-6-12(16(18)19)11(7-10)15-4/h5-7,15H,8-9H2,1-4H3. The van der Waals surface area contributed by atoms with E-state index in [-0.39, 0.29) is 17.4 Å². The molecule has 1 aromatic rings. The van der Waals surface area contributed by atoms with Gasteiger partial charge in [0.2, 0.25) is 0 Å². The van der Waals surface area contributed by atoms with E-state index in [1.807, 2.05) is 20.8 Å². The first kappa shape index (κ1) is 17.3. The Kier molecular flexibility index (Phi) is 6.02. The van der Waals surface area contributed by atoms with Gasteiger partial charge in [-0.2, -0.15) is 0 Å². The number of nitro benzene ring substituents is 1. The number of anilines is 1. The second-order valence-electron chi connectivity index (χ2n) is 5.44. The van der Waals surface area contributed by atoms with Crippen LogP contribution in [-0.4, -0.2) is 29.3 Å². The highest BCUT2D eigenvalue weighted by Gasteiger charge is 2.16. The van der Waals surface area contributed by atoms with Gasteiger partial charge in [-0.25, -0.2) is 0 Å². The van der Waals surface area contributed by atoms with Gasteiger partial charge >= 0.3 is 5.97 Å². The van der Waals surface area contributed by atoms with E-state index in [0.717, 1.165) is 5.56 Å². The Hall–Kier alpha value is -1.76. The van der Waals surface area contributed by atoms with Crippen molar-refractivity contribution in [1.29, 1.82) is 0 Å². The Bertz CT molecular complexity index is 526. The molecule has 0 saturated carbocycles. The Morgan fingerprint density at radius 1 is 1.43 bits per heavy atom. The summed E-state index contributed by atoms with van der Waals surface area (Å²) < 4.78 is 5.21. The molecule has 0 saturated heterocycles. The molecule has 0 amide bonds. The van der Waals surface area contributed by atoms with Crippen LogP contribution >= 0.6 is 11.8 Å². The zero-order chi connectivity index (χ0) is 16.0. The highest BCUT2D eigenvalue weighted by molar-refractivity contribution is 7.99. The lowest BCUT2D eigenvalue weighted by atomic mass is 10.2. The van der Waals surface area contributed by atoms with Gasteiger partial charge in [0.05, 0.1) is 10.7 Å². The van der Waals surface area contributed by atoms with Crippen molar-refractivity contribution in [3.05, 3.63) is 33.9 Å². The fourth-order valence-corrected chi connectivity index (χ4v) is 2.40. The van der Waals surface area contributed by atoms with Crippen LogP contribution in [0.5, 0.6) is 0 Å². The van der Waals surface area contributed by atoms with E-state index in [2.05, 4.69) is 5.32 Å². The lowest BCUT2D eigenvalue weighted by molar-refractivity contribution is -0.383. The number of benzene rings is 1. The van der Waals surface area contributed by atoms with Gasteiger partial charge in [0, 0.05) is 18.9 Å². The van der Waals surface area contributed by atoms with E-state index in [4.69, 9.17) is 4.74 Å². The topological polar surface area (TPSA) is 81.5 Å². The minimum Gasteiger partial charge on any atom is -0.459 e. The summed E-state index contributed by atoms with van der Waals surface area (Å²) in [5.41, 5.74) is 0.942. The number of carbonyl (C=O) groups excluding carboxylic acids is 1. The SMILES string of the molecule is CNc1cc(CSCC(=O)OC(C)(C)C)ccc1[N+](=O)[O-]. The highest BCUT2D eigenvalue weighted by atomic mass is 32.2. The third-order valence-corrected chi connectivity index (χ3v) is 3.41. The van der Waals surface area contributed by atoms with Crippen LogP contribution in [0.25, 0.3) is 0 Å². The number of thioether (sulfide) groups is 1. The van der Waals surface area contributed by atoms with Gasteiger partial charge in [0.15, 0.2) is 0 Å². The molecule has 116 valence electrons. The number of hydrogen-bond donors (Lipinski definition) is 1. The summed E-state index contributed by atoms with van der Waals surface area (Å²) in [6, 6.07) is 4.89. The molecule has 1 rings (SSSR count). The van der Waals surface area contributed by atoms with Crippen molar-refractivity contribution in [2.75, 3.05) is 18.1 Å². The van der Waals surface area contributed by atoms with Gasteiger partial charge in [-0.15, -0.1) is 11.8 Å². The highest BCUT2D eigenvalue weighted by Crippen LogP contribution is 2.26. The van der Waals surface area contributed by atoms with Crippen LogP contribution in [0.15, 0.2) is 18.2 Å². The average molecular weight is 312 g/mol. The molecule has 21 heavy (non-hydrogen) atoms. The quantitative estimate of drug-likeness (QED) is 0.493. The second-order valence-corrected chi connectivity index (χ2v) is 6.42. The zero-order valence-corrected chi connectivity index (χ0v) is 13.5. The molecule has 1 aromatic carbocycles. The lowest BCUT2D eigenvalue weighted by Gasteiger charge is -2.19. The van der Waals surface area contributed by atoms with Crippen molar-refractivity contribution in [1.82, 2.24) is 0 Å². The Labute approximate surface area is 128 Å². The normalized spacial score (nSPS) is 11.0. The van der Waals surface area contributed by atoms with Crippen LogP contribution in [0.3, 0.4) is 0 Å². The number of rotatable bonds is 6. The molecular formula is C14H20N2O4S. The number of nitro groups is 1. The molecule has 1 N–H and O–H groups in total. The number of nitrogens with one attached hydrogen (secondary N) is 1. The predicted octanol–water partition coefficient (Wildman–Crippen LogP) is 3.21. The summed E-state index contributed by atoms with van der Waals surface area (Å²) in [5.74, 6) is 0.581. The molecule has 0 aliphatic heterocycles. The Morgan fingerprint density at radius 2 is 2.10 bits per heavy atom. The Morgan fingerprint density at radius 3 is 2.62 bits per heavy atom. The fourth-order valence-electron chi connectivity index (χ4n) is 1.66. The summed E-state index contributed by atoms with van der Waals surface area (Å²) in [5, 5.41) is 13.6. The van der Waals surface area contributed by atoms with E-state index in [1.165, 1.54) is 17.8 Å². The molecule has 0 spiro atoms. The molecule has 0 unspecified atom stereocenters. The summed E-state index contributed by atoms with van der Waals surface area (Å²) in [6.45, 7) is 5.47. The summed E-state index contributed by atoms with van der Waals surface area (Å²) in [6.07, 6.45) is 0. The van der Waals surface area contributed by atoms with Gasteiger partial charge in [-0.05, 0) is 32.4 Å². The molecule has 0 aromatic heterocycles. The molecule has 0 radical (unpaired) electrons. The number of nitrogens with zero attached hydrogens (tertiary/aromatic N) is 1. The number of esters is 1. The number of ether oxygens (including phenoxy) is 1. The van der Waals surface area contributed by atoms with Crippen molar-refractivity contribution < 1.29 is 14.5 Å². The number of carbonyl (C=O) groups is 1. The van der Waals surface area contributed by atoms with Crippen LogP contribution in [-0.2, 0) is 15.3 Å². The van der Waals surface area contributed by atoms with Gasteiger partial charge in [0.25, 0.3) is 5.69 Å². The largest absolute Gasteiger partial charge is 0.459 e. The first-order valence-electron chi connectivity index (χ1n) is 6.47. The molecule has 0 bridgehead atoms. The summed E-state index contributed by atoms with van der Waals surface area (Å²) >= 11 is 1.42. The van der Waals surface area contributed by atoms with Crippen molar-refractivity contribution in [3.63, 3.8) is 0 Å². The minimum absolute atomic E-state index is 0.0402. The molecule has 6 nitrogen and oxygen atoms in total. The van der Waals surface area contributed by atoms with E-state index >= 15 is 0 Å². The minimum atomic E-state index is -0.482. The van der Waals surface area contributed by atoms with E-state index in [1.54, 1.807) is 19.2 Å². The van der Waals surface area contributed by atoms with Gasteiger partial charge < -0.3 is 10.1 Å². The maximum Gasteiger partial charge on any atom is 0.316 e. The van der Waals surface area contributed by atoms with Crippen molar-refractivity contribution in [3.8, 4) is 0 Å². The maximum absolute atomic E-state index is 11.6. The molecular weight excluding hydrogens is 292 g/mol. The van der Waals surface area contributed by atoms with Crippen LogP contribution < -0.4 is 5.32 Å². The van der Waals surface area contributed by atoms with Gasteiger partial charge in [-0.1, -0.05) is 6.07 Å². The fraction of sp³-hybridized carbons (Fsp3) is 0.500. The van der Waals surface area contributed by atoms with E-state index in [9.17, 15) is 14.9 Å². The monoisotopic (exact) mass is 312 g/mol. The predicted molar refractivity (Wildman–Crippen MR) is 84.7 cm³/mol. The van der Waals surface area contributed by atoms with Crippen LogP contribution in [0.1, 0.15) is 26.3 Å². The molecule has 0 aliphatic rings. The third-order valence-electron chi connectivity index (χ3n) is 2.44. The number of hydrogen-bond acceptors (Lipinski definition) is 6. The molecule has 7 heteroatoms. The smallest absolute Gasteiger partial charge is 0.316 e. The molecule has 0 aliphatic carbocycles. The van der Waals surface area contributed by atoms with Crippen LogP contribution in [0.4, 0.5) is 11.4 Å². The summed E-state index contributed by atoms with van der Waals surface area (Å²) in [7, 11) is 1.64. The van der Waals surface area contributed by atoms with Crippen LogP contribution in [0, 0.1) is 10.1 Å².